The van der Waals surface area contributed by atoms with Crippen molar-refractivity contribution in [2.75, 3.05) is 5.32 Å². The van der Waals surface area contributed by atoms with Gasteiger partial charge in [0.05, 0.1) is 15.7 Å². The molecule has 0 atom stereocenters. The molecule has 3 N–H and O–H groups in total. The largest absolute Gasteiger partial charge is 0.506 e. The van der Waals surface area contributed by atoms with E-state index >= 15 is 0 Å². The van der Waals surface area contributed by atoms with Crippen molar-refractivity contribution in [3.63, 3.8) is 0 Å². The van der Waals surface area contributed by atoms with E-state index in [1.54, 1.807) is 24.3 Å². The molecule has 0 bridgehead atoms. The van der Waals surface area contributed by atoms with Gasteiger partial charge in [-0.25, -0.2) is 4.98 Å². The third kappa shape index (κ3) is 2.31. The minimum Gasteiger partial charge on any atom is -0.506 e. The summed E-state index contributed by atoms with van der Waals surface area (Å²) < 4.78 is 0.921. The molecule has 0 radical (unpaired) electrons. The molecule has 0 aliphatic heterocycles. The highest BCUT2D eigenvalue weighted by Gasteiger charge is 2.20. The van der Waals surface area contributed by atoms with Gasteiger partial charge >= 0.3 is 0 Å². The second kappa shape index (κ2) is 5.47. The first-order valence-corrected chi connectivity index (χ1v) is 7.96. The number of aromatic nitrogens is 2. The van der Waals surface area contributed by atoms with E-state index in [1.807, 2.05) is 24.3 Å². The van der Waals surface area contributed by atoms with Crippen LogP contribution in [-0.2, 0) is 0 Å². The van der Waals surface area contributed by atoms with Gasteiger partial charge in [0, 0.05) is 5.39 Å². The van der Waals surface area contributed by atoms with Crippen molar-refractivity contribution in [3.8, 4) is 5.75 Å². The van der Waals surface area contributed by atoms with Gasteiger partial charge in [-0.3, -0.25) is 14.9 Å². The molecule has 4 aromatic rings. The van der Waals surface area contributed by atoms with Crippen LogP contribution in [0, 0.1) is 0 Å². The molecule has 0 fully saturated rings. The lowest BCUT2D eigenvalue weighted by Gasteiger charge is -2.06. The van der Waals surface area contributed by atoms with E-state index in [2.05, 4.69) is 15.3 Å². The quantitative estimate of drug-likeness (QED) is 0.524. The second-order valence-electron chi connectivity index (χ2n) is 5.16. The highest BCUT2D eigenvalue weighted by atomic mass is 32.1. The molecule has 118 valence electrons. The fraction of sp³-hybridized carbons (Fsp3) is 0. The molecule has 24 heavy (non-hydrogen) atoms. The summed E-state index contributed by atoms with van der Waals surface area (Å²) in [5.41, 5.74) is 0.253. The second-order valence-corrected chi connectivity index (χ2v) is 6.19. The van der Waals surface area contributed by atoms with Crippen LogP contribution < -0.4 is 10.9 Å². The molecule has 0 spiro atoms. The molecule has 0 aliphatic carbocycles. The predicted molar refractivity (Wildman–Crippen MR) is 93.8 cm³/mol. The zero-order chi connectivity index (χ0) is 16.7. The van der Waals surface area contributed by atoms with Crippen molar-refractivity contribution in [1.82, 2.24) is 9.97 Å². The third-order valence-corrected chi connectivity index (χ3v) is 4.59. The maximum Gasteiger partial charge on any atom is 0.266 e. The van der Waals surface area contributed by atoms with Gasteiger partial charge in [-0.15, -0.1) is 0 Å². The summed E-state index contributed by atoms with van der Waals surface area (Å²) in [5.74, 6) is -1.04. The number of hydrogen-bond acceptors (Lipinski definition) is 5. The summed E-state index contributed by atoms with van der Waals surface area (Å²) in [6.07, 6.45) is 0. The number of para-hydroxylation sites is 2. The highest BCUT2D eigenvalue weighted by molar-refractivity contribution is 7.22. The Bertz CT molecular complexity index is 1110. The number of thiazole rings is 1. The Kier molecular flexibility index (Phi) is 3.28. The maximum atomic E-state index is 12.5. The highest BCUT2D eigenvalue weighted by Crippen LogP contribution is 2.28. The first-order valence-electron chi connectivity index (χ1n) is 7.14. The van der Waals surface area contributed by atoms with E-state index in [9.17, 15) is 14.7 Å². The molecule has 4 rings (SSSR count). The van der Waals surface area contributed by atoms with Crippen molar-refractivity contribution in [1.29, 1.82) is 0 Å². The van der Waals surface area contributed by atoms with Crippen LogP contribution in [-0.4, -0.2) is 21.0 Å². The van der Waals surface area contributed by atoms with Gasteiger partial charge in [-0.2, -0.15) is 0 Å². The molecule has 2 aromatic carbocycles. The lowest BCUT2D eigenvalue weighted by molar-refractivity contribution is 0.102. The van der Waals surface area contributed by atoms with E-state index in [4.69, 9.17) is 0 Å². The molecular weight excluding hydrogens is 326 g/mol. The van der Waals surface area contributed by atoms with Gasteiger partial charge in [0.2, 0.25) is 0 Å². The number of rotatable bonds is 2. The van der Waals surface area contributed by atoms with Gasteiger partial charge in [0.25, 0.3) is 11.5 Å². The molecule has 2 heterocycles. The van der Waals surface area contributed by atoms with Crippen molar-refractivity contribution < 1.29 is 9.90 Å². The van der Waals surface area contributed by atoms with Crippen molar-refractivity contribution >= 4 is 43.5 Å². The minimum absolute atomic E-state index is 0.326. The molecule has 0 aliphatic rings. The number of carbonyl (C=O) groups is 1. The Hall–Kier alpha value is -3.19. The molecule has 1 amide bonds. The normalized spacial score (nSPS) is 11.0. The molecule has 0 saturated heterocycles. The first-order chi connectivity index (χ1) is 11.6. The topological polar surface area (TPSA) is 95.1 Å². The Morgan fingerprint density at radius 2 is 1.88 bits per heavy atom. The van der Waals surface area contributed by atoms with Crippen LogP contribution in [0.25, 0.3) is 21.1 Å². The van der Waals surface area contributed by atoms with E-state index < -0.39 is 11.5 Å². The molecule has 2 aromatic heterocycles. The lowest BCUT2D eigenvalue weighted by atomic mass is 10.1. The average molecular weight is 337 g/mol. The summed E-state index contributed by atoms with van der Waals surface area (Å²) in [6, 6.07) is 14.2. The number of aromatic amines is 1. The predicted octanol–water partition coefficient (Wildman–Crippen LogP) is 3.10. The van der Waals surface area contributed by atoms with Gasteiger partial charge < -0.3 is 10.1 Å². The molecule has 0 saturated carbocycles. The van der Waals surface area contributed by atoms with E-state index in [-0.39, 0.29) is 11.3 Å². The van der Waals surface area contributed by atoms with E-state index in [0.29, 0.717) is 16.0 Å². The Morgan fingerprint density at radius 3 is 2.71 bits per heavy atom. The monoisotopic (exact) mass is 337 g/mol. The number of carbonyl (C=O) groups excluding carboxylic acids is 1. The van der Waals surface area contributed by atoms with Crippen molar-refractivity contribution in [3.05, 3.63) is 64.4 Å². The number of H-pyrrole nitrogens is 1. The standard InChI is InChI=1S/C17H11N3O3S/c21-14-9-5-1-2-6-10(9)18-15(22)13(14)16(23)20-17-19-11-7-3-4-8-12(11)24-17/h1-8H,(H2,18,21,22)(H,19,20,23). The van der Waals surface area contributed by atoms with Gasteiger partial charge in [-0.1, -0.05) is 35.6 Å². The van der Waals surface area contributed by atoms with Gasteiger partial charge in [-0.05, 0) is 24.3 Å². The number of hydrogen-bond donors (Lipinski definition) is 3. The Labute approximate surface area is 139 Å². The Morgan fingerprint density at radius 1 is 1.12 bits per heavy atom. The smallest absolute Gasteiger partial charge is 0.266 e. The SMILES string of the molecule is O=C(Nc1nc2ccccc2s1)c1c(O)c2ccccc2[nH]c1=O. The van der Waals surface area contributed by atoms with Gasteiger partial charge in [0.1, 0.15) is 11.3 Å². The zero-order valence-electron chi connectivity index (χ0n) is 12.2. The summed E-state index contributed by atoms with van der Waals surface area (Å²) in [5, 5.41) is 13.7. The summed E-state index contributed by atoms with van der Waals surface area (Å²) in [4.78, 5) is 31.5. The fourth-order valence-electron chi connectivity index (χ4n) is 2.52. The van der Waals surface area contributed by atoms with Crippen LogP contribution in [0.3, 0.4) is 0 Å². The number of nitrogens with one attached hydrogen (secondary N) is 2. The molecular formula is C17H11N3O3S. The number of amides is 1. The molecule has 7 heteroatoms. The first kappa shape index (κ1) is 14.4. The Balaban J connectivity index is 1.76. The number of benzene rings is 2. The third-order valence-electron chi connectivity index (χ3n) is 3.64. The van der Waals surface area contributed by atoms with Crippen LogP contribution in [0.4, 0.5) is 5.13 Å². The van der Waals surface area contributed by atoms with Crippen LogP contribution in [0.15, 0.2) is 53.3 Å². The van der Waals surface area contributed by atoms with Crippen LogP contribution in [0.1, 0.15) is 10.4 Å². The zero-order valence-corrected chi connectivity index (χ0v) is 13.1. The van der Waals surface area contributed by atoms with Crippen molar-refractivity contribution in [2.45, 2.75) is 0 Å². The van der Waals surface area contributed by atoms with Gasteiger partial charge in [0.15, 0.2) is 5.13 Å². The average Bonchev–Trinajstić information content (AvgIpc) is 2.97. The summed E-state index contributed by atoms with van der Waals surface area (Å²) in [6.45, 7) is 0. The number of aromatic hydroxyl groups is 1. The van der Waals surface area contributed by atoms with Crippen LogP contribution in [0.2, 0.25) is 0 Å². The minimum atomic E-state index is -0.696. The van der Waals surface area contributed by atoms with Crippen molar-refractivity contribution in [2.24, 2.45) is 0 Å². The summed E-state index contributed by atoms with van der Waals surface area (Å²) in [7, 11) is 0. The maximum absolute atomic E-state index is 12.5. The number of nitrogens with zero attached hydrogens (tertiary/aromatic N) is 1. The molecule has 0 unspecified atom stereocenters. The number of fused-ring (bicyclic) bond motifs is 2. The lowest BCUT2D eigenvalue weighted by Crippen LogP contribution is -2.23. The fourth-order valence-corrected chi connectivity index (χ4v) is 3.38. The summed E-state index contributed by atoms with van der Waals surface area (Å²) >= 11 is 1.30. The number of pyridine rings is 1. The van der Waals surface area contributed by atoms with E-state index in [0.717, 1.165) is 10.2 Å². The number of anilines is 1. The van der Waals surface area contributed by atoms with Crippen LogP contribution in [0.5, 0.6) is 5.75 Å². The molecule has 6 nitrogen and oxygen atoms in total. The van der Waals surface area contributed by atoms with E-state index in [1.165, 1.54) is 11.3 Å². The van der Waals surface area contributed by atoms with Crippen LogP contribution >= 0.6 is 11.3 Å².